The molecule has 1 aromatic heterocycles. The van der Waals surface area contributed by atoms with Gasteiger partial charge in [0.05, 0.1) is 20.0 Å². The number of nitrogen functional groups attached to an aromatic ring is 1. The van der Waals surface area contributed by atoms with Crippen LogP contribution in [0, 0.1) is 0 Å². The molecule has 0 spiro atoms. The number of ether oxygens (including phenoxy) is 2. The van der Waals surface area contributed by atoms with Crippen molar-refractivity contribution in [2.75, 3.05) is 25.8 Å². The maximum absolute atomic E-state index is 12.1. The van der Waals surface area contributed by atoms with E-state index in [0.717, 1.165) is 11.1 Å². The summed E-state index contributed by atoms with van der Waals surface area (Å²) >= 11 is 1.22. The fourth-order valence-corrected chi connectivity index (χ4v) is 3.21. The second-order valence-corrected chi connectivity index (χ2v) is 6.74. The van der Waals surface area contributed by atoms with Crippen molar-refractivity contribution in [2.24, 2.45) is 0 Å². The molecule has 0 radical (unpaired) electrons. The second kappa shape index (κ2) is 9.14. The summed E-state index contributed by atoms with van der Waals surface area (Å²) in [6.07, 6.45) is 0. The fourth-order valence-electron chi connectivity index (χ4n) is 2.53. The Kier molecular flexibility index (Phi) is 6.38. The van der Waals surface area contributed by atoms with Crippen LogP contribution in [-0.2, 0) is 11.3 Å². The minimum absolute atomic E-state index is 0.107. The van der Waals surface area contributed by atoms with Crippen LogP contribution in [0.4, 0.5) is 0 Å². The lowest BCUT2D eigenvalue weighted by atomic mass is 10.2. The number of nitrogens with zero attached hydrogens (tertiary/aromatic N) is 3. The summed E-state index contributed by atoms with van der Waals surface area (Å²) in [5.41, 5.74) is 1.77. The van der Waals surface area contributed by atoms with Gasteiger partial charge in [0.25, 0.3) is 0 Å². The Morgan fingerprint density at radius 1 is 1.11 bits per heavy atom. The minimum atomic E-state index is -0.107. The van der Waals surface area contributed by atoms with Gasteiger partial charge in [-0.05, 0) is 23.8 Å². The van der Waals surface area contributed by atoms with E-state index < -0.39 is 0 Å². The van der Waals surface area contributed by atoms with Gasteiger partial charge in [-0.2, -0.15) is 0 Å². The summed E-state index contributed by atoms with van der Waals surface area (Å²) < 4.78 is 11.9. The zero-order valence-electron chi connectivity index (χ0n) is 15.6. The quantitative estimate of drug-likeness (QED) is 0.441. The third-order valence-electron chi connectivity index (χ3n) is 3.97. The molecule has 0 bridgehead atoms. The van der Waals surface area contributed by atoms with E-state index >= 15 is 0 Å². The summed E-state index contributed by atoms with van der Waals surface area (Å²) in [6, 6.07) is 15.1. The highest BCUT2D eigenvalue weighted by Gasteiger charge is 2.15. The number of hydrogen-bond acceptors (Lipinski definition) is 7. The van der Waals surface area contributed by atoms with Gasteiger partial charge in [-0.25, -0.2) is 4.68 Å². The Morgan fingerprint density at radius 3 is 2.57 bits per heavy atom. The molecule has 3 rings (SSSR count). The van der Waals surface area contributed by atoms with Crippen molar-refractivity contribution < 1.29 is 14.3 Å². The largest absolute Gasteiger partial charge is 0.493 e. The highest BCUT2D eigenvalue weighted by Crippen LogP contribution is 2.32. The summed E-state index contributed by atoms with van der Waals surface area (Å²) in [5, 5.41) is 11.5. The van der Waals surface area contributed by atoms with Crippen molar-refractivity contribution in [1.29, 1.82) is 0 Å². The minimum Gasteiger partial charge on any atom is -0.493 e. The van der Waals surface area contributed by atoms with Gasteiger partial charge in [0.15, 0.2) is 17.3 Å². The molecule has 1 amide bonds. The van der Waals surface area contributed by atoms with Gasteiger partial charge in [-0.1, -0.05) is 42.1 Å². The first-order valence-corrected chi connectivity index (χ1v) is 9.47. The first-order valence-electron chi connectivity index (χ1n) is 8.48. The number of nitrogens with one attached hydrogen (secondary N) is 1. The van der Waals surface area contributed by atoms with Crippen LogP contribution in [0.5, 0.6) is 11.5 Å². The molecule has 1 heterocycles. The van der Waals surface area contributed by atoms with Gasteiger partial charge in [0, 0.05) is 12.1 Å². The number of rotatable bonds is 8. The number of nitrogens with two attached hydrogens (primary N) is 1. The van der Waals surface area contributed by atoms with Crippen LogP contribution in [0.25, 0.3) is 11.4 Å². The van der Waals surface area contributed by atoms with Crippen LogP contribution < -0.4 is 20.6 Å². The molecular weight excluding hydrogens is 378 g/mol. The third-order valence-corrected chi connectivity index (χ3v) is 4.91. The van der Waals surface area contributed by atoms with E-state index in [0.29, 0.717) is 29.0 Å². The van der Waals surface area contributed by atoms with Crippen molar-refractivity contribution in [2.45, 2.75) is 11.7 Å². The third kappa shape index (κ3) is 4.55. The van der Waals surface area contributed by atoms with Crippen LogP contribution in [0.3, 0.4) is 0 Å². The highest BCUT2D eigenvalue weighted by molar-refractivity contribution is 7.99. The smallest absolute Gasteiger partial charge is 0.230 e. The summed E-state index contributed by atoms with van der Waals surface area (Å²) in [7, 11) is 3.13. The van der Waals surface area contributed by atoms with E-state index in [1.165, 1.54) is 16.4 Å². The van der Waals surface area contributed by atoms with Gasteiger partial charge < -0.3 is 20.6 Å². The highest BCUT2D eigenvalue weighted by atomic mass is 32.2. The molecule has 3 N–H and O–H groups in total. The molecule has 0 aliphatic heterocycles. The van der Waals surface area contributed by atoms with Crippen molar-refractivity contribution in [3.63, 3.8) is 0 Å². The molecule has 0 saturated heterocycles. The number of hydrogen-bond donors (Lipinski definition) is 2. The van der Waals surface area contributed by atoms with Gasteiger partial charge in [0.1, 0.15) is 0 Å². The number of benzene rings is 2. The van der Waals surface area contributed by atoms with E-state index in [2.05, 4.69) is 15.5 Å². The van der Waals surface area contributed by atoms with E-state index in [1.54, 1.807) is 26.4 Å². The standard InChI is InChI=1S/C19H21N5O3S/c1-26-15-9-8-14(10-16(15)27-2)18-22-23-19(24(18)20)28-12-17(25)21-11-13-6-4-3-5-7-13/h3-10H,11-12,20H2,1-2H3,(H,21,25). The van der Waals surface area contributed by atoms with Crippen molar-refractivity contribution in [3.05, 3.63) is 54.1 Å². The molecular formula is C19H21N5O3S. The van der Waals surface area contributed by atoms with Crippen LogP contribution in [0.15, 0.2) is 53.7 Å². The summed E-state index contributed by atoms with van der Waals surface area (Å²) in [5.74, 6) is 7.84. The van der Waals surface area contributed by atoms with E-state index in [1.807, 2.05) is 36.4 Å². The first-order chi connectivity index (χ1) is 13.6. The van der Waals surface area contributed by atoms with E-state index in [4.69, 9.17) is 15.3 Å². The predicted octanol–water partition coefficient (Wildman–Crippen LogP) is 2.08. The Labute approximate surface area is 167 Å². The molecule has 0 saturated carbocycles. The normalized spacial score (nSPS) is 10.5. The van der Waals surface area contributed by atoms with Crippen LogP contribution in [-0.4, -0.2) is 40.8 Å². The van der Waals surface area contributed by atoms with Crippen LogP contribution >= 0.6 is 11.8 Å². The number of thioether (sulfide) groups is 1. The molecule has 8 nitrogen and oxygen atoms in total. The zero-order valence-corrected chi connectivity index (χ0v) is 16.4. The van der Waals surface area contributed by atoms with Gasteiger partial charge >= 0.3 is 0 Å². The fraction of sp³-hybridized carbons (Fsp3) is 0.211. The number of aromatic nitrogens is 3. The molecule has 0 aliphatic carbocycles. The lowest BCUT2D eigenvalue weighted by molar-refractivity contribution is -0.118. The molecule has 0 atom stereocenters. The maximum atomic E-state index is 12.1. The average molecular weight is 399 g/mol. The Bertz CT molecular complexity index is 946. The Balaban J connectivity index is 1.62. The second-order valence-electron chi connectivity index (χ2n) is 5.80. The van der Waals surface area contributed by atoms with Gasteiger partial charge in [-0.3, -0.25) is 4.79 Å². The van der Waals surface area contributed by atoms with E-state index in [-0.39, 0.29) is 11.7 Å². The van der Waals surface area contributed by atoms with Crippen molar-refractivity contribution in [1.82, 2.24) is 20.2 Å². The Hall–Kier alpha value is -3.20. The average Bonchev–Trinajstić information content (AvgIpc) is 3.11. The lowest BCUT2D eigenvalue weighted by Gasteiger charge is -2.09. The zero-order chi connectivity index (χ0) is 19.9. The molecule has 0 aliphatic rings. The Morgan fingerprint density at radius 2 is 1.86 bits per heavy atom. The molecule has 28 heavy (non-hydrogen) atoms. The van der Waals surface area contributed by atoms with Crippen LogP contribution in [0.2, 0.25) is 0 Å². The maximum Gasteiger partial charge on any atom is 0.230 e. The molecule has 146 valence electrons. The number of carbonyl (C=O) groups is 1. The first kappa shape index (κ1) is 19.6. The SMILES string of the molecule is COc1ccc(-c2nnc(SCC(=O)NCc3ccccc3)n2N)cc1OC. The van der Waals surface area contributed by atoms with Crippen LogP contribution in [0.1, 0.15) is 5.56 Å². The van der Waals surface area contributed by atoms with Gasteiger partial charge in [0.2, 0.25) is 11.1 Å². The van der Waals surface area contributed by atoms with Gasteiger partial charge in [-0.15, -0.1) is 10.2 Å². The van der Waals surface area contributed by atoms with Crippen molar-refractivity contribution in [3.8, 4) is 22.9 Å². The van der Waals surface area contributed by atoms with Crippen molar-refractivity contribution >= 4 is 17.7 Å². The number of carbonyl (C=O) groups excluding carboxylic acids is 1. The number of methoxy groups -OCH3 is 2. The summed E-state index contributed by atoms with van der Waals surface area (Å²) in [6.45, 7) is 0.479. The predicted molar refractivity (Wildman–Crippen MR) is 108 cm³/mol. The topological polar surface area (TPSA) is 104 Å². The molecule has 9 heteroatoms. The van der Waals surface area contributed by atoms with E-state index in [9.17, 15) is 4.79 Å². The lowest BCUT2D eigenvalue weighted by Crippen LogP contribution is -2.25. The molecule has 3 aromatic rings. The number of amides is 1. The monoisotopic (exact) mass is 399 g/mol. The molecule has 0 unspecified atom stereocenters. The molecule has 2 aromatic carbocycles. The summed E-state index contributed by atoms with van der Waals surface area (Å²) in [4.78, 5) is 12.1. The molecule has 0 fully saturated rings.